The van der Waals surface area contributed by atoms with Gasteiger partial charge in [0.1, 0.15) is 5.82 Å². The summed E-state index contributed by atoms with van der Waals surface area (Å²) < 4.78 is 0.510. The third kappa shape index (κ3) is 3.01. The fourth-order valence-corrected chi connectivity index (χ4v) is 1.84. The molecule has 2 aromatic rings. The molecule has 0 radical (unpaired) electrons. The molecule has 0 amide bonds. The average Bonchev–Trinajstić information content (AvgIpc) is 2.28. The van der Waals surface area contributed by atoms with Gasteiger partial charge in [0.2, 0.25) is 0 Å². The van der Waals surface area contributed by atoms with E-state index in [1.165, 1.54) is 0 Å². The Bertz CT molecular complexity index is 562. The summed E-state index contributed by atoms with van der Waals surface area (Å²) in [4.78, 5) is 9.53. The highest BCUT2D eigenvalue weighted by Crippen LogP contribution is 2.18. The Hall–Kier alpha value is -1.46. The van der Waals surface area contributed by atoms with Crippen molar-refractivity contribution in [1.82, 2.24) is 14.9 Å². The van der Waals surface area contributed by atoms with Crippen LogP contribution in [0.3, 0.4) is 0 Å². The predicted octanol–water partition coefficient (Wildman–Crippen LogP) is 2.27. The lowest BCUT2D eigenvalue weighted by atomic mass is 10.2. The number of nitrogens with zero attached hydrogens (tertiary/aromatic N) is 2. The van der Waals surface area contributed by atoms with Crippen LogP contribution < -0.4 is 5.32 Å². The van der Waals surface area contributed by atoms with Crippen molar-refractivity contribution >= 4 is 28.9 Å². The molecule has 2 rings (SSSR count). The van der Waals surface area contributed by atoms with Gasteiger partial charge in [0.25, 0.3) is 0 Å². The Morgan fingerprint density at radius 1 is 1.35 bits per heavy atom. The van der Waals surface area contributed by atoms with E-state index in [1.807, 2.05) is 38.4 Å². The number of benzene rings is 1. The van der Waals surface area contributed by atoms with Crippen LogP contribution in [-0.2, 0) is 0 Å². The molecule has 0 aliphatic rings. The zero-order valence-corrected chi connectivity index (χ0v) is 10.8. The topological polar surface area (TPSA) is 44.0 Å². The van der Waals surface area contributed by atoms with Crippen LogP contribution in [0.4, 0.5) is 5.82 Å². The van der Waals surface area contributed by atoms with Gasteiger partial charge in [0.05, 0.1) is 5.52 Å². The van der Waals surface area contributed by atoms with Crippen molar-refractivity contribution in [2.45, 2.75) is 0 Å². The van der Waals surface area contributed by atoms with E-state index in [1.54, 1.807) is 0 Å². The second kappa shape index (κ2) is 5.25. The van der Waals surface area contributed by atoms with Gasteiger partial charge >= 0.3 is 0 Å². The molecule has 90 valence electrons. The minimum atomic E-state index is 0.510. The molecule has 1 heterocycles. The number of fused-ring (bicyclic) bond motifs is 1. The summed E-state index contributed by atoms with van der Waals surface area (Å²) in [6.07, 6.45) is 0. The molecule has 0 aliphatic heterocycles. The predicted molar refractivity (Wildman–Crippen MR) is 74.0 cm³/mol. The molecule has 2 N–H and O–H groups in total. The van der Waals surface area contributed by atoms with E-state index in [-0.39, 0.29) is 0 Å². The zero-order chi connectivity index (χ0) is 12.3. The molecule has 4 nitrogen and oxygen atoms in total. The largest absolute Gasteiger partial charge is 0.368 e. The number of nitrogens with one attached hydrogen (secondary N) is 2. The van der Waals surface area contributed by atoms with Gasteiger partial charge < -0.3 is 15.2 Å². The second-order valence-electron chi connectivity index (χ2n) is 4.17. The van der Waals surface area contributed by atoms with Gasteiger partial charge in [-0.15, -0.1) is 0 Å². The SMILES string of the molecule is CN(C)CCNc1nc(=S)[nH]c2ccccc12. The smallest absolute Gasteiger partial charge is 0.199 e. The number of hydrogen-bond donors (Lipinski definition) is 2. The molecule has 1 aromatic carbocycles. The van der Waals surface area contributed by atoms with Crippen LogP contribution in [0.5, 0.6) is 0 Å². The normalized spacial score (nSPS) is 11.0. The number of hydrogen-bond acceptors (Lipinski definition) is 4. The van der Waals surface area contributed by atoms with Crippen molar-refractivity contribution in [1.29, 1.82) is 0 Å². The maximum Gasteiger partial charge on any atom is 0.199 e. The minimum Gasteiger partial charge on any atom is -0.368 e. The number of aromatic amines is 1. The van der Waals surface area contributed by atoms with Crippen molar-refractivity contribution in [3.8, 4) is 0 Å². The Kier molecular flexibility index (Phi) is 3.71. The molecule has 1 aromatic heterocycles. The first-order valence-corrected chi connectivity index (χ1v) is 5.95. The van der Waals surface area contributed by atoms with Crippen molar-refractivity contribution in [3.63, 3.8) is 0 Å². The van der Waals surface area contributed by atoms with E-state index in [9.17, 15) is 0 Å². The Morgan fingerprint density at radius 2 is 2.12 bits per heavy atom. The molecule has 5 heteroatoms. The average molecular weight is 248 g/mol. The van der Waals surface area contributed by atoms with Crippen LogP contribution in [0.25, 0.3) is 10.9 Å². The first-order chi connectivity index (χ1) is 8.16. The molecule has 0 fully saturated rings. The summed E-state index contributed by atoms with van der Waals surface area (Å²) in [5, 5.41) is 4.39. The van der Waals surface area contributed by atoms with Crippen LogP contribution in [0, 0.1) is 4.77 Å². The van der Waals surface area contributed by atoms with Crippen molar-refractivity contribution in [2.75, 3.05) is 32.5 Å². The van der Waals surface area contributed by atoms with Gasteiger partial charge in [0, 0.05) is 18.5 Å². The summed E-state index contributed by atoms with van der Waals surface area (Å²) >= 11 is 5.11. The molecule has 0 unspecified atom stereocenters. The number of likely N-dealkylation sites (N-methyl/N-ethyl adjacent to an activating group) is 1. The van der Waals surface area contributed by atoms with Gasteiger partial charge in [-0.3, -0.25) is 0 Å². The molecule has 0 saturated carbocycles. The fraction of sp³-hybridized carbons (Fsp3) is 0.333. The summed E-state index contributed by atoms with van der Waals surface area (Å²) in [6, 6.07) is 8.02. The molecular formula is C12H16N4S. The van der Waals surface area contributed by atoms with Crippen molar-refractivity contribution in [3.05, 3.63) is 29.0 Å². The number of H-pyrrole nitrogens is 1. The lowest BCUT2D eigenvalue weighted by molar-refractivity contribution is 0.425. The third-order valence-electron chi connectivity index (χ3n) is 2.49. The molecule has 0 atom stereocenters. The Morgan fingerprint density at radius 3 is 2.88 bits per heavy atom. The fourth-order valence-electron chi connectivity index (χ4n) is 1.64. The maximum absolute atomic E-state index is 5.11. The quantitative estimate of drug-likeness (QED) is 0.815. The first-order valence-electron chi connectivity index (χ1n) is 5.54. The molecular weight excluding hydrogens is 232 g/mol. The third-order valence-corrected chi connectivity index (χ3v) is 2.68. The van der Waals surface area contributed by atoms with Gasteiger partial charge in [-0.1, -0.05) is 12.1 Å². The summed E-state index contributed by atoms with van der Waals surface area (Å²) in [6.45, 7) is 1.81. The Labute approximate surface area is 106 Å². The van der Waals surface area contributed by atoms with E-state index in [2.05, 4.69) is 20.2 Å². The van der Waals surface area contributed by atoms with Gasteiger partial charge in [0.15, 0.2) is 4.77 Å². The molecule has 0 bridgehead atoms. The molecule has 0 aliphatic carbocycles. The van der Waals surface area contributed by atoms with E-state index in [0.717, 1.165) is 29.8 Å². The lowest BCUT2D eigenvalue weighted by Gasteiger charge is -2.12. The molecule has 17 heavy (non-hydrogen) atoms. The Balaban J connectivity index is 2.29. The number of rotatable bonds is 4. The zero-order valence-electron chi connectivity index (χ0n) is 10.0. The second-order valence-corrected chi connectivity index (χ2v) is 4.55. The van der Waals surface area contributed by atoms with Crippen LogP contribution in [-0.4, -0.2) is 42.1 Å². The first kappa shape index (κ1) is 12.0. The van der Waals surface area contributed by atoms with E-state index >= 15 is 0 Å². The van der Waals surface area contributed by atoms with Crippen LogP contribution in [0.1, 0.15) is 0 Å². The van der Waals surface area contributed by atoms with Gasteiger partial charge in [-0.2, -0.15) is 0 Å². The van der Waals surface area contributed by atoms with Gasteiger partial charge in [-0.25, -0.2) is 4.98 Å². The summed E-state index contributed by atoms with van der Waals surface area (Å²) in [7, 11) is 4.09. The van der Waals surface area contributed by atoms with Crippen molar-refractivity contribution in [2.24, 2.45) is 0 Å². The highest BCUT2D eigenvalue weighted by molar-refractivity contribution is 7.71. The van der Waals surface area contributed by atoms with Crippen LogP contribution in [0.2, 0.25) is 0 Å². The van der Waals surface area contributed by atoms with Crippen LogP contribution >= 0.6 is 12.2 Å². The van der Waals surface area contributed by atoms with E-state index in [0.29, 0.717) is 4.77 Å². The highest BCUT2D eigenvalue weighted by atomic mass is 32.1. The number of aromatic nitrogens is 2. The monoisotopic (exact) mass is 248 g/mol. The van der Waals surface area contributed by atoms with E-state index < -0.39 is 0 Å². The highest BCUT2D eigenvalue weighted by Gasteiger charge is 2.02. The number of para-hydroxylation sites is 1. The lowest BCUT2D eigenvalue weighted by Crippen LogP contribution is -2.21. The van der Waals surface area contributed by atoms with Crippen molar-refractivity contribution < 1.29 is 0 Å². The van der Waals surface area contributed by atoms with Crippen LogP contribution in [0.15, 0.2) is 24.3 Å². The standard InChI is InChI=1S/C12H16N4S/c1-16(2)8-7-13-11-9-5-3-4-6-10(9)14-12(17)15-11/h3-6H,7-8H2,1-2H3,(H2,13,14,15,17). The van der Waals surface area contributed by atoms with E-state index in [4.69, 9.17) is 12.2 Å². The summed E-state index contributed by atoms with van der Waals surface area (Å²) in [5.74, 6) is 0.853. The van der Waals surface area contributed by atoms with Gasteiger partial charge in [-0.05, 0) is 38.4 Å². The minimum absolute atomic E-state index is 0.510. The summed E-state index contributed by atoms with van der Waals surface area (Å²) in [5.41, 5.74) is 1.01. The number of anilines is 1. The molecule has 0 spiro atoms. The molecule has 0 saturated heterocycles. The maximum atomic E-state index is 5.11.